The number of hydrogen-bond donors (Lipinski definition) is 2. The van der Waals surface area contributed by atoms with Gasteiger partial charge in [-0.15, -0.1) is 4.40 Å². The first-order valence-corrected chi connectivity index (χ1v) is 9.61. The second-order valence-corrected chi connectivity index (χ2v) is 9.06. The maximum atomic E-state index is 12.4. The number of carboxylic acid groups (broad SMARTS) is 1. The van der Waals surface area contributed by atoms with E-state index in [-0.39, 0.29) is 29.1 Å². The smallest absolute Gasteiger partial charge is 0.326 e. The Morgan fingerprint density at radius 3 is 2.64 bits per heavy atom. The van der Waals surface area contributed by atoms with Gasteiger partial charge >= 0.3 is 5.97 Å². The number of amidine groups is 1. The van der Waals surface area contributed by atoms with Crippen molar-refractivity contribution in [3.05, 3.63) is 23.9 Å². The van der Waals surface area contributed by atoms with Gasteiger partial charge in [0.1, 0.15) is 11.9 Å². The minimum atomic E-state index is -3.45. The van der Waals surface area contributed by atoms with Crippen LogP contribution in [0.25, 0.3) is 0 Å². The summed E-state index contributed by atoms with van der Waals surface area (Å²) in [5, 5.41) is 11.8. The number of carbonyl (C=O) groups is 2. The highest BCUT2D eigenvalue weighted by atomic mass is 32.2. The SMILES string of the molecule is CC(C)(C)CCC(NC(=O)C1=CN2CCS(=O)(=O)N=C2C=C1)C(=O)O. The molecule has 0 saturated carbocycles. The summed E-state index contributed by atoms with van der Waals surface area (Å²) in [6.45, 7) is 6.22. The molecule has 2 aliphatic rings. The molecule has 1 atom stereocenters. The van der Waals surface area contributed by atoms with Gasteiger partial charge in [-0.05, 0) is 30.4 Å². The van der Waals surface area contributed by atoms with Crippen LogP contribution in [0, 0.1) is 5.41 Å². The van der Waals surface area contributed by atoms with Crippen molar-refractivity contribution < 1.29 is 23.1 Å². The van der Waals surface area contributed by atoms with Crippen LogP contribution in [0.3, 0.4) is 0 Å². The lowest BCUT2D eigenvalue weighted by Gasteiger charge is -2.27. The Morgan fingerprint density at radius 2 is 2.04 bits per heavy atom. The van der Waals surface area contributed by atoms with E-state index in [0.29, 0.717) is 12.8 Å². The number of nitrogens with one attached hydrogen (secondary N) is 1. The van der Waals surface area contributed by atoms with E-state index in [1.807, 2.05) is 20.8 Å². The van der Waals surface area contributed by atoms with Crippen LogP contribution in [0.2, 0.25) is 0 Å². The van der Waals surface area contributed by atoms with Crippen molar-refractivity contribution in [1.82, 2.24) is 10.2 Å². The van der Waals surface area contributed by atoms with Gasteiger partial charge in [-0.1, -0.05) is 20.8 Å². The molecule has 8 nitrogen and oxygen atoms in total. The fraction of sp³-hybridized carbons (Fsp3) is 0.562. The molecule has 1 amide bonds. The third-order valence-corrected chi connectivity index (χ3v) is 5.04. The van der Waals surface area contributed by atoms with Gasteiger partial charge < -0.3 is 15.3 Å². The van der Waals surface area contributed by atoms with E-state index in [4.69, 9.17) is 0 Å². The van der Waals surface area contributed by atoms with E-state index in [2.05, 4.69) is 9.71 Å². The number of fused-ring (bicyclic) bond motifs is 1. The number of aliphatic carboxylic acids is 1. The monoisotopic (exact) mass is 369 g/mol. The number of carbonyl (C=O) groups excluding carboxylic acids is 1. The van der Waals surface area contributed by atoms with Crippen LogP contribution in [0.5, 0.6) is 0 Å². The molecule has 0 spiro atoms. The molecule has 0 aromatic rings. The molecule has 2 rings (SSSR count). The summed E-state index contributed by atoms with van der Waals surface area (Å²) in [4.78, 5) is 25.3. The van der Waals surface area contributed by atoms with E-state index in [1.165, 1.54) is 18.4 Å². The van der Waals surface area contributed by atoms with Crippen molar-refractivity contribution in [3.63, 3.8) is 0 Å². The lowest BCUT2D eigenvalue weighted by molar-refractivity contribution is -0.141. The Labute approximate surface area is 147 Å². The van der Waals surface area contributed by atoms with Gasteiger partial charge in [0.25, 0.3) is 15.9 Å². The second-order valence-electron chi connectivity index (χ2n) is 7.31. The molecule has 2 N–H and O–H groups in total. The average molecular weight is 369 g/mol. The molecule has 0 saturated heterocycles. The molecule has 0 radical (unpaired) electrons. The van der Waals surface area contributed by atoms with E-state index < -0.39 is 27.9 Å². The average Bonchev–Trinajstić information content (AvgIpc) is 2.48. The second kappa shape index (κ2) is 6.99. The van der Waals surface area contributed by atoms with E-state index in [0.717, 1.165) is 0 Å². The first-order chi connectivity index (χ1) is 11.5. The molecule has 25 heavy (non-hydrogen) atoms. The van der Waals surface area contributed by atoms with Crippen molar-refractivity contribution >= 4 is 27.7 Å². The van der Waals surface area contributed by atoms with Gasteiger partial charge in [0.15, 0.2) is 0 Å². The highest BCUT2D eigenvalue weighted by Crippen LogP contribution is 2.22. The Bertz CT molecular complexity index is 759. The topological polar surface area (TPSA) is 116 Å². The zero-order valence-corrected chi connectivity index (χ0v) is 15.3. The van der Waals surface area contributed by atoms with Crippen molar-refractivity contribution in [3.8, 4) is 0 Å². The fourth-order valence-corrected chi connectivity index (χ4v) is 3.38. The van der Waals surface area contributed by atoms with Crippen LogP contribution in [0.4, 0.5) is 0 Å². The van der Waals surface area contributed by atoms with E-state index in [1.54, 1.807) is 4.90 Å². The molecule has 0 aromatic carbocycles. The summed E-state index contributed by atoms with van der Waals surface area (Å²) in [7, 11) is -3.45. The zero-order chi connectivity index (χ0) is 18.8. The first-order valence-electron chi connectivity index (χ1n) is 8.00. The van der Waals surface area contributed by atoms with Crippen LogP contribution in [-0.4, -0.2) is 54.5 Å². The van der Waals surface area contributed by atoms with E-state index in [9.17, 15) is 23.1 Å². The molecule has 0 bridgehead atoms. The molecule has 0 fully saturated rings. The van der Waals surface area contributed by atoms with Gasteiger partial charge in [0, 0.05) is 12.7 Å². The molecule has 138 valence electrons. The Hall–Kier alpha value is -2.16. The summed E-state index contributed by atoms with van der Waals surface area (Å²) in [5.74, 6) is -1.46. The number of amides is 1. The van der Waals surface area contributed by atoms with Crippen molar-refractivity contribution in [2.24, 2.45) is 9.81 Å². The van der Waals surface area contributed by atoms with Crippen LogP contribution in [0.1, 0.15) is 33.6 Å². The predicted molar refractivity (Wildman–Crippen MR) is 93.4 cm³/mol. The molecule has 0 aliphatic carbocycles. The van der Waals surface area contributed by atoms with Gasteiger partial charge in [-0.3, -0.25) is 4.79 Å². The van der Waals surface area contributed by atoms with Gasteiger partial charge in [0.2, 0.25) is 0 Å². The van der Waals surface area contributed by atoms with Crippen LogP contribution in [0.15, 0.2) is 28.3 Å². The predicted octanol–water partition coefficient (Wildman–Crippen LogP) is 0.880. The van der Waals surface area contributed by atoms with Crippen molar-refractivity contribution in [1.29, 1.82) is 0 Å². The highest BCUT2D eigenvalue weighted by Gasteiger charge is 2.27. The Kier molecular flexibility index (Phi) is 5.36. The minimum absolute atomic E-state index is 0.0346. The number of hydrogen-bond acceptors (Lipinski definition) is 5. The summed E-state index contributed by atoms with van der Waals surface area (Å²) in [5.41, 5.74) is 0.229. The maximum absolute atomic E-state index is 12.4. The Morgan fingerprint density at radius 1 is 1.36 bits per heavy atom. The van der Waals surface area contributed by atoms with Crippen molar-refractivity contribution in [2.45, 2.75) is 39.7 Å². The maximum Gasteiger partial charge on any atom is 0.326 e. The number of sulfonamides is 1. The summed E-state index contributed by atoms with van der Waals surface area (Å²) >= 11 is 0. The summed E-state index contributed by atoms with van der Waals surface area (Å²) < 4.78 is 26.6. The largest absolute Gasteiger partial charge is 0.480 e. The number of nitrogens with zero attached hydrogens (tertiary/aromatic N) is 2. The lowest BCUT2D eigenvalue weighted by Crippen LogP contribution is -2.43. The normalized spacial score (nSPS) is 20.2. The van der Waals surface area contributed by atoms with Crippen LogP contribution in [-0.2, 0) is 19.6 Å². The van der Waals surface area contributed by atoms with Gasteiger partial charge in [-0.2, -0.15) is 0 Å². The standard InChI is InChI=1S/C16H23N3O5S/c1-16(2,3)7-6-12(15(21)22)17-14(20)11-4-5-13-18-25(23,24)9-8-19(13)10-11/h4-5,10,12H,6-9H2,1-3H3,(H,17,20)(H,21,22). The molecule has 2 heterocycles. The summed E-state index contributed by atoms with van der Waals surface area (Å²) in [6, 6.07) is -0.974. The molecule has 2 aliphatic heterocycles. The first kappa shape index (κ1) is 19.2. The van der Waals surface area contributed by atoms with E-state index >= 15 is 0 Å². The Balaban J connectivity index is 2.07. The molecule has 0 aromatic heterocycles. The number of rotatable bonds is 5. The van der Waals surface area contributed by atoms with Crippen LogP contribution >= 0.6 is 0 Å². The third-order valence-electron chi connectivity index (χ3n) is 3.87. The molecule has 1 unspecified atom stereocenters. The number of carboxylic acids is 1. The molecular weight excluding hydrogens is 346 g/mol. The molecular formula is C16H23N3O5S. The van der Waals surface area contributed by atoms with Gasteiger partial charge in [-0.25, -0.2) is 13.2 Å². The quantitative estimate of drug-likeness (QED) is 0.743. The van der Waals surface area contributed by atoms with Crippen LogP contribution < -0.4 is 5.32 Å². The lowest BCUT2D eigenvalue weighted by atomic mass is 9.88. The highest BCUT2D eigenvalue weighted by molar-refractivity contribution is 7.90. The minimum Gasteiger partial charge on any atom is -0.480 e. The third kappa shape index (κ3) is 5.42. The fourth-order valence-electron chi connectivity index (χ4n) is 2.41. The van der Waals surface area contributed by atoms with Crippen molar-refractivity contribution in [2.75, 3.05) is 12.3 Å². The molecule has 9 heteroatoms. The summed E-state index contributed by atoms with van der Waals surface area (Å²) in [6.07, 6.45) is 5.35. The zero-order valence-electron chi connectivity index (χ0n) is 14.5. The van der Waals surface area contributed by atoms with Gasteiger partial charge in [0.05, 0.1) is 11.3 Å².